The molecular formula is C16H22N4O4. The number of ether oxygens (including phenoxy) is 1. The molecule has 0 spiro atoms. The molecule has 1 aliphatic rings. The van der Waals surface area contributed by atoms with Crippen LogP contribution in [0.4, 0.5) is 4.79 Å². The first kappa shape index (κ1) is 17.6. The predicted octanol–water partition coefficient (Wildman–Crippen LogP) is 0.312. The fraction of sp³-hybridized carbons (Fsp3) is 0.438. The van der Waals surface area contributed by atoms with Crippen LogP contribution in [-0.4, -0.2) is 42.4 Å². The van der Waals surface area contributed by atoms with E-state index in [9.17, 15) is 14.4 Å². The van der Waals surface area contributed by atoms with E-state index in [4.69, 9.17) is 10.5 Å². The van der Waals surface area contributed by atoms with Crippen molar-refractivity contribution in [3.8, 4) is 5.75 Å². The molecule has 1 saturated heterocycles. The Balaban J connectivity index is 1.74. The van der Waals surface area contributed by atoms with Crippen LogP contribution >= 0.6 is 0 Å². The van der Waals surface area contributed by atoms with Crippen molar-refractivity contribution in [2.45, 2.75) is 19.8 Å². The molecule has 0 saturated carbocycles. The minimum absolute atomic E-state index is 0.205. The van der Waals surface area contributed by atoms with Crippen molar-refractivity contribution in [1.29, 1.82) is 0 Å². The van der Waals surface area contributed by atoms with Gasteiger partial charge >= 0.3 is 6.03 Å². The largest absolute Gasteiger partial charge is 0.483 e. The molecule has 1 aliphatic heterocycles. The summed E-state index contributed by atoms with van der Waals surface area (Å²) in [5, 5.41) is 0. The molecule has 4 N–H and O–H groups in total. The number of hydrogen-bond donors (Lipinski definition) is 3. The molecule has 2 rings (SSSR count). The number of para-hydroxylation sites is 1. The molecule has 130 valence electrons. The summed E-state index contributed by atoms with van der Waals surface area (Å²) in [5.74, 6) is -0.577. The number of nitrogens with one attached hydrogen (secondary N) is 2. The number of nitrogens with zero attached hydrogens (tertiary/aromatic N) is 1. The monoisotopic (exact) mass is 334 g/mol. The van der Waals surface area contributed by atoms with Gasteiger partial charge in [0, 0.05) is 13.1 Å². The van der Waals surface area contributed by atoms with Crippen LogP contribution in [0.5, 0.6) is 5.75 Å². The van der Waals surface area contributed by atoms with Gasteiger partial charge in [-0.25, -0.2) is 4.79 Å². The Labute approximate surface area is 140 Å². The van der Waals surface area contributed by atoms with E-state index in [0.717, 1.165) is 5.56 Å². The van der Waals surface area contributed by atoms with E-state index in [2.05, 4.69) is 10.9 Å². The van der Waals surface area contributed by atoms with E-state index in [1.54, 1.807) is 6.07 Å². The summed E-state index contributed by atoms with van der Waals surface area (Å²) in [5.41, 5.74) is 10.8. The second-order valence-electron chi connectivity index (χ2n) is 5.72. The number of carbonyl (C=O) groups excluding carboxylic acids is 3. The smallest absolute Gasteiger partial charge is 0.314 e. The molecule has 8 nitrogen and oxygen atoms in total. The molecule has 8 heteroatoms. The number of carbonyl (C=O) groups is 3. The number of aryl methyl sites for hydroxylation is 1. The summed E-state index contributed by atoms with van der Waals surface area (Å²) in [6.45, 7) is 2.48. The Morgan fingerprint density at radius 1 is 1.29 bits per heavy atom. The Kier molecular flexibility index (Phi) is 6.00. The van der Waals surface area contributed by atoms with Gasteiger partial charge in [0.05, 0.1) is 5.92 Å². The average Bonchev–Trinajstić information content (AvgIpc) is 2.59. The molecule has 0 radical (unpaired) electrons. The van der Waals surface area contributed by atoms with E-state index in [1.165, 1.54) is 4.90 Å². The van der Waals surface area contributed by atoms with Gasteiger partial charge in [-0.05, 0) is 31.4 Å². The Morgan fingerprint density at radius 2 is 2.04 bits per heavy atom. The third-order valence-corrected chi connectivity index (χ3v) is 3.88. The normalized spacial score (nSPS) is 17.0. The molecule has 1 aromatic carbocycles. The summed E-state index contributed by atoms with van der Waals surface area (Å²) < 4.78 is 5.39. The number of nitrogens with two attached hydrogens (primary N) is 1. The maximum absolute atomic E-state index is 12.1. The van der Waals surface area contributed by atoms with Crippen LogP contribution in [0.15, 0.2) is 24.3 Å². The highest BCUT2D eigenvalue weighted by Crippen LogP contribution is 2.16. The van der Waals surface area contributed by atoms with Crippen molar-refractivity contribution < 1.29 is 19.1 Å². The van der Waals surface area contributed by atoms with Gasteiger partial charge in [0.25, 0.3) is 5.91 Å². The zero-order valence-electron chi connectivity index (χ0n) is 13.6. The number of rotatable bonds is 4. The SMILES string of the molecule is Cc1ccccc1OCC(=O)NNC(=O)[C@H]1CCCN(C(N)=O)C1. The number of hydrogen-bond acceptors (Lipinski definition) is 4. The van der Waals surface area contributed by atoms with E-state index in [1.807, 2.05) is 25.1 Å². The molecular weight excluding hydrogens is 312 g/mol. The van der Waals surface area contributed by atoms with Crippen molar-refractivity contribution in [2.24, 2.45) is 11.7 Å². The van der Waals surface area contributed by atoms with Gasteiger partial charge in [-0.3, -0.25) is 20.4 Å². The van der Waals surface area contributed by atoms with Crippen LogP contribution in [0.3, 0.4) is 0 Å². The summed E-state index contributed by atoms with van der Waals surface area (Å²) in [6, 6.07) is 6.80. The number of piperidine rings is 1. The van der Waals surface area contributed by atoms with E-state index in [0.29, 0.717) is 25.1 Å². The highest BCUT2D eigenvalue weighted by molar-refractivity contribution is 5.84. The maximum Gasteiger partial charge on any atom is 0.314 e. The van der Waals surface area contributed by atoms with Crippen molar-refractivity contribution in [1.82, 2.24) is 15.8 Å². The minimum atomic E-state index is -0.539. The lowest BCUT2D eigenvalue weighted by Gasteiger charge is -2.30. The Bertz CT molecular complexity index is 620. The lowest BCUT2D eigenvalue weighted by atomic mass is 9.98. The predicted molar refractivity (Wildman–Crippen MR) is 86.8 cm³/mol. The Morgan fingerprint density at radius 3 is 2.75 bits per heavy atom. The summed E-state index contributed by atoms with van der Waals surface area (Å²) in [7, 11) is 0. The average molecular weight is 334 g/mol. The fourth-order valence-electron chi connectivity index (χ4n) is 2.52. The molecule has 24 heavy (non-hydrogen) atoms. The number of hydrazine groups is 1. The summed E-state index contributed by atoms with van der Waals surface area (Å²) in [6.07, 6.45) is 1.34. The second kappa shape index (κ2) is 8.19. The van der Waals surface area contributed by atoms with Crippen LogP contribution in [-0.2, 0) is 9.59 Å². The van der Waals surface area contributed by atoms with E-state index >= 15 is 0 Å². The molecule has 0 bridgehead atoms. The van der Waals surface area contributed by atoms with Gasteiger partial charge in [-0.15, -0.1) is 0 Å². The lowest BCUT2D eigenvalue weighted by molar-refractivity contribution is -0.132. The molecule has 1 heterocycles. The summed E-state index contributed by atoms with van der Waals surface area (Å²) in [4.78, 5) is 36.4. The number of amides is 4. The number of benzene rings is 1. The zero-order chi connectivity index (χ0) is 17.5. The van der Waals surface area contributed by atoms with Crippen molar-refractivity contribution in [3.63, 3.8) is 0 Å². The third-order valence-electron chi connectivity index (χ3n) is 3.88. The van der Waals surface area contributed by atoms with Crippen LogP contribution in [0.1, 0.15) is 18.4 Å². The molecule has 1 atom stereocenters. The van der Waals surface area contributed by atoms with Crippen molar-refractivity contribution in [3.05, 3.63) is 29.8 Å². The second-order valence-corrected chi connectivity index (χ2v) is 5.72. The van der Waals surface area contributed by atoms with Gasteiger partial charge in [0.1, 0.15) is 5.75 Å². The highest BCUT2D eigenvalue weighted by Gasteiger charge is 2.27. The van der Waals surface area contributed by atoms with Crippen LogP contribution in [0.25, 0.3) is 0 Å². The number of primary amides is 1. The molecule has 0 unspecified atom stereocenters. The molecule has 1 aromatic rings. The standard InChI is InChI=1S/C16H22N4O4/c1-11-5-2-3-7-13(11)24-10-14(21)18-19-15(22)12-6-4-8-20(9-12)16(17)23/h2-3,5,7,12H,4,6,8-10H2,1H3,(H2,17,23)(H,18,21)(H,19,22)/t12-/m0/s1. The van der Waals surface area contributed by atoms with E-state index < -0.39 is 11.9 Å². The quantitative estimate of drug-likeness (QED) is 0.688. The van der Waals surface area contributed by atoms with Crippen molar-refractivity contribution >= 4 is 17.8 Å². The van der Waals surface area contributed by atoms with Gasteiger partial charge < -0.3 is 15.4 Å². The lowest BCUT2D eigenvalue weighted by Crippen LogP contribution is -2.51. The molecule has 1 fully saturated rings. The van der Waals surface area contributed by atoms with Crippen LogP contribution in [0, 0.1) is 12.8 Å². The first-order chi connectivity index (χ1) is 11.5. The highest BCUT2D eigenvalue weighted by atomic mass is 16.5. The number of urea groups is 1. The molecule has 0 aliphatic carbocycles. The first-order valence-corrected chi connectivity index (χ1v) is 7.79. The van der Waals surface area contributed by atoms with Crippen LogP contribution < -0.4 is 21.3 Å². The Hall–Kier alpha value is -2.77. The minimum Gasteiger partial charge on any atom is -0.483 e. The molecule has 4 amide bonds. The topological polar surface area (TPSA) is 114 Å². The van der Waals surface area contributed by atoms with Gasteiger partial charge in [0.15, 0.2) is 6.61 Å². The maximum atomic E-state index is 12.1. The first-order valence-electron chi connectivity index (χ1n) is 7.79. The van der Waals surface area contributed by atoms with Crippen LogP contribution in [0.2, 0.25) is 0 Å². The summed E-state index contributed by atoms with van der Waals surface area (Å²) >= 11 is 0. The van der Waals surface area contributed by atoms with Gasteiger partial charge in [-0.1, -0.05) is 18.2 Å². The fourth-order valence-corrected chi connectivity index (χ4v) is 2.52. The number of likely N-dealkylation sites (tertiary alicyclic amines) is 1. The van der Waals surface area contributed by atoms with E-state index in [-0.39, 0.29) is 25.0 Å². The third kappa shape index (κ3) is 4.87. The zero-order valence-corrected chi connectivity index (χ0v) is 13.6. The molecule has 0 aromatic heterocycles. The van der Waals surface area contributed by atoms with Gasteiger partial charge in [-0.2, -0.15) is 0 Å². The van der Waals surface area contributed by atoms with Gasteiger partial charge in [0.2, 0.25) is 5.91 Å². The van der Waals surface area contributed by atoms with Crippen molar-refractivity contribution in [2.75, 3.05) is 19.7 Å².